The Morgan fingerprint density at radius 2 is 1.04 bits per heavy atom. The zero-order valence-corrected chi connectivity index (χ0v) is 48.2. The normalized spacial score (nSPS) is 17.9. The van der Waals surface area contributed by atoms with Gasteiger partial charge in [-0.25, -0.2) is 0 Å². The van der Waals surface area contributed by atoms with E-state index in [0.29, 0.717) is 0 Å². The predicted molar refractivity (Wildman–Crippen MR) is 329 cm³/mol. The summed E-state index contributed by atoms with van der Waals surface area (Å²) in [5.74, 6) is 0. The van der Waals surface area contributed by atoms with Crippen LogP contribution in [-0.2, 0) is 32.5 Å². The second-order valence-electron chi connectivity index (χ2n) is 28.0. The fourth-order valence-corrected chi connectivity index (χ4v) is 15.4. The van der Waals surface area contributed by atoms with Crippen molar-refractivity contribution < 1.29 is 0 Å². The van der Waals surface area contributed by atoms with Gasteiger partial charge in [-0.05, 0) is 197 Å². The highest BCUT2D eigenvalue weighted by Crippen LogP contribution is 2.55. The highest BCUT2D eigenvalue weighted by molar-refractivity contribution is 7.33. The molecule has 8 aromatic carbocycles. The molecule has 0 unspecified atom stereocenters. The summed E-state index contributed by atoms with van der Waals surface area (Å²) >= 11 is 2.06. The van der Waals surface area contributed by atoms with E-state index < -0.39 is 0 Å². The van der Waals surface area contributed by atoms with Gasteiger partial charge < -0.3 is 9.80 Å². The smallest absolute Gasteiger partial charge is 0.264 e. The Morgan fingerprint density at radius 1 is 0.453 bits per heavy atom. The van der Waals surface area contributed by atoms with Crippen LogP contribution >= 0.6 is 11.3 Å². The van der Waals surface area contributed by atoms with Gasteiger partial charge in [0.2, 0.25) is 0 Å². The minimum atomic E-state index is -0.0556. The molecule has 0 saturated carbocycles. The minimum absolute atomic E-state index is 0.0278. The molecule has 4 heteroatoms. The maximum atomic E-state index is 2.75. The van der Waals surface area contributed by atoms with Crippen LogP contribution in [0.3, 0.4) is 0 Å². The van der Waals surface area contributed by atoms with E-state index in [4.69, 9.17) is 0 Å². The maximum absolute atomic E-state index is 2.75. The lowest BCUT2D eigenvalue weighted by atomic mass is 9.36. The first-order valence-electron chi connectivity index (χ1n) is 28.0. The van der Waals surface area contributed by atoms with E-state index in [1.807, 2.05) is 0 Å². The van der Waals surface area contributed by atoms with E-state index in [1.54, 1.807) is 0 Å². The molecular formula is C71H75BN2S. The number of hydrogen-bond acceptors (Lipinski definition) is 3. The molecule has 9 aromatic rings. The lowest BCUT2D eigenvalue weighted by molar-refractivity contribution is 0.332. The van der Waals surface area contributed by atoms with Crippen LogP contribution in [-0.4, -0.2) is 6.71 Å². The van der Waals surface area contributed by atoms with Crippen LogP contribution < -0.4 is 25.5 Å². The number of benzene rings is 8. The summed E-state index contributed by atoms with van der Waals surface area (Å²) in [5.41, 5.74) is 23.3. The fraction of sp³-hybridized carbons (Fsp3) is 0.352. The SMILES string of the molecule is Cc1cc2c3c(c1)N(c1ccc4c(c1)C(C)(C)CCC4(C)C)c1c(sc4cc5c(cc14)C(C)(C)CCC5(C)C)B3c1cc(C(C)(C)C)ccc1N2c1ccc(C(C)(C)C)cc1-c1cccc2c1ccc1ccccc12. The predicted octanol–water partition coefficient (Wildman–Crippen LogP) is 18.6. The van der Waals surface area contributed by atoms with Gasteiger partial charge in [-0.15, -0.1) is 11.3 Å². The van der Waals surface area contributed by atoms with Crippen molar-refractivity contribution in [1.29, 1.82) is 0 Å². The molecule has 2 aliphatic carbocycles. The van der Waals surface area contributed by atoms with Gasteiger partial charge in [0.25, 0.3) is 6.71 Å². The quantitative estimate of drug-likeness (QED) is 0.129. The molecule has 4 aliphatic rings. The molecule has 0 N–H and O–H groups in total. The molecule has 0 bridgehead atoms. The maximum Gasteiger partial charge on any atom is 0.264 e. The number of rotatable bonds is 3. The number of fused-ring (bicyclic) bond motifs is 11. The lowest BCUT2D eigenvalue weighted by Gasteiger charge is -2.45. The van der Waals surface area contributed by atoms with Gasteiger partial charge in [-0.1, -0.05) is 176 Å². The molecule has 378 valence electrons. The van der Waals surface area contributed by atoms with Gasteiger partial charge in [0.15, 0.2) is 0 Å². The zero-order valence-electron chi connectivity index (χ0n) is 47.4. The van der Waals surface area contributed by atoms with Crippen LogP contribution in [0.25, 0.3) is 42.8 Å². The van der Waals surface area contributed by atoms with Gasteiger partial charge in [-0.3, -0.25) is 0 Å². The van der Waals surface area contributed by atoms with Crippen LogP contribution in [0.15, 0.2) is 133 Å². The summed E-state index contributed by atoms with van der Waals surface area (Å²) in [7, 11) is 0. The van der Waals surface area contributed by atoms with Crippen LogP contribution in [0.1, 0.15) is 162 Å². The van der Waals surface area contributed by atoms with E-state index >= 15 is 0 Å². The lowest BCUT2D eigenvalue weighted by Crippen LogP contribution is -2.60. The van der Waals surface area contributed by atoms with Crippen molar-refractivity contribution in [3.8, 4) is 11.1 Å². The summed E-state index contributed by atoms with van der Waals surface area (Å²) in [5, 5.41) is 6.52. The topological polar surface area (TPSA) is 6.48 Å². The van der Waals surface area contributed by atoms with Crippen molar-refractivity contribution in [3.05, 3.63) is 172 Å². The Balaban J connectivity index is 1.15. The minimum Gasteiger partial charge on any atom is -0.311 e. The first kappa shape index (κ1) is 48.5. The van der Waals surface area contributed by atoms with Gasteiger partial charge in [0.1, 0.15) is 0 Å². The standard InChI is InChI=1S/C71H75BN2S/c1-42-35-60-63-61(36-42)74(58-29-24-44(66(2,3)4)37-51(58)49-22-18-21-48-47-20-17-16-19-43(47)23-27-50(48)49)59-30-25-45(67(5,6)7)38-57(59)72(63)65-64(52-40-55-56(41-62(52)75-65)71(14,15)34-33-70(55,12)13)73(60)46-26-28-53-54(39-46)69(10,11)32-31-68(53,8)9/h16-30,35-41H,31-34H2,1-15H3. The first-order valence-corrected chi connectivity index (χ1v) is 28.9. The third kappa shape index (κ3) is 7.31. The van der Waals surface area contributed by atoms with Gasteiger partial charge in [-0.2, -0.15) is 0 Å². The van der Waals surface area contributed by atoms with E-state index in [-0.39, 0.29) is 39.2 Å². The van der Waals surface area contributed by atoms with Gasteiger partial charge in [0.05, 0.1) is 11.4 Å². The molecule has 0 spiro atoms. The van der Waals surface area contributed by atoms with Gasteiger partial charge >= 0.3 is 0 Å². The second-order valence-corrected chi connectivity index (χ2v) is 29.1. The molecule has 2 aliphatic heterocycles. The van der Waals surface area contributed by atoms with Crippen LogP contribution in [0.2, 0.25) is 0 Å². The van der Waals surface area contributed by atoms with E-state index in [0.717, 1.165) is 0 Å². The summed E-state index contributed by atoms with van der Waals surface area (Å²) in [6, 6.07) is 53.4. The summed E-state index contributed by atoms with van der Waals surface area (Å²) in [6.07, 6.45) is 4.75. The molecule has 0 saturated heterocycles. The molecule has 13 rings (SSSR count). The van der Waals surface area contributed by atoms with E-state index in [9.17, 15) is 0 Å². The molecule has 1 aromatic heterocycles. The Bertz CT molecular complexity index is 3900. The number of aryl methyl sites for hydroxylation is 1. The van der Waals surface area contributed by atoms with Crippen LogP contribution in [0.4, 0.5) is 34.1 Å². The number of hydrogen-bond donors (Lipinski definition) is 0. The highest BCUT2D eigenvalue weighted by Gasteiger charge is 2.48. The average Bonchev–Trinajstić information content (AvgIpc) is 3.79. The Labute approximate surface area is 452 Å². The highest BCUT2D eigenvalue weighted by atomic mass is 32.1. The molecule has 2 nitrogen and oxygen atoms in total. The number of nitrogens with zero attached hydrogens (tertiary/aromatic N) is 2. The summed E-state index contributed by atoms with van der Waals surface area (Å²) in [6.45, 7) is 36.4. The largest absolute Gasteiger partial charge is 0.311 e. The molecule has 0 fully saturated rings. The monoisotopic (exact) mass is 999 g/mol. The first-order chi connectivity index (χ1) is 35.3. The molecule has 75 heavy (non-hydrogen) atoms. The molecule has 3 heterocycles. The summed E-state index contributed by atoms with van der Waals surface area (Å²) in [4.78, 5) is 5.43. The van der Waals surface area contributed by atoms with Crippen molar-refractivity contribution in [2.24, 2.45) is 0 Å². The Hall–Kier alpha value is -6.10. The van der Waals surface area contributed by atoms with Crippen molar-refractivity contribution >= 4 is 99.5 Å². The number of anilines is 6. The molecule has 0 atom stereocenters. The van der Waals surface area contributed by atoms with E-state index in [2.05, 4.69) is 258 Å². The third-order valence-electron chi connectivity index (χ3n) is 18.9. The molecule has 0 amide bonds. The van der Waals surface area contributed by atoms with Gasteiger partial charge in [0, 0.05) is 43.2 Å². The summed E-state index contributed by atoms with van der Waals surface area (Å²) < 4.78 is 2.86. The fourth-order valence-electron chi connectivity index (χ4n) is 14.1. The molecule has 0 radical (unpaired) electrons. The average molecular weight is 999 g/mol. The Kier molecular flexibility index (Phi) is 10.3. The van der Waals surface area contributed by atoms with Crippen molar-refractivity contribution in [3.63, 3.8) is 0 Å². The van der Waals surface area contributed by atoms with Crippen LogP contribution in [0, 0.1) is 6.92 Å². The third-order valence-corrected chi connectivity index (χ3v) is 20.1. The second kappa shape index (κ2) is 16.0. The molecular weight excluding hydrogens is 924 g/mol. The zero-order chi connectivity index (χ0) is 52.7. The Morgan fingerprint density at radius 3 is 1.72 bits per heavy atom. The van der Waals surface area contributed by atoms with Crippen molar-refractivity contribution in [1.82, 2.24) is 0 Å². The van der Waals surface area contributed by atoms with Crippen molar-refractivity contribution in [2.75, 3.05) is 9.80 Å². The van der Waals surface area contributed by atoms with Crippen molar-refractivity contribution in [2.45, 2.75) is 162 Å². The van der Waals surface area contributed by atoms with Crippen LogP contribution in [0.5, 0.6) is 0 Å². The van der Waals surface area contributed by atoms with E-state index in [1.165, 1.54) is 157 Å². The number of thiophene rings is 1.